The van der Waals surface area contributed by atoms with Crippen LogP contribution in [0.5, 0.6) is 0 Å². The number of nitrogens with zero attached hydrogens (tertiary/aromatic N) is 3. The number of anilines is 1. The van der Waals surface area contributed by atoms with Gasteiger partial charge in [0, 0.05) is 44.1 Å². The van der Waals surface area contributed by atoms with Gasteiger partial charge in [-0.1, -0.05) is 19.1 Å². The second-order valence-electron chi connectivity index (χ2n) is 7.75. The molecule has 0 radical (unpaired) electrons. The number of nitrogens with one attached hydrogen (secondary N) is 1. The van der Waals surface area contributed by atoms with Gasteiger partial charge in [0.1, 0.15) is 11.8 Å². The highest BCUT2D eigenvalue weighted by atomic mass is 32.2. The van der Waals surface area contributed by atoms with E-state index in [2.05, 4.69) is 10.8 Å². The van der Waals surface area contributed by atoms with Gasteiger partial charge in [0.2, 0.25) is 10.0 Å². The average molecular weight is 461 g/mol. The minimum atomic E-state index is -3.30. The summed E-state index contributed by atoms with van der Waals surface area (Å²) in [6.07, 6.45) is 0.610. The molecule has 32 heavy (non-hydrogen) atoms. The predicted octanol–water partition coefficient (Wildman–Crippen LogP) is 3.07. The summed E-state index contributed by atoms with van der Waals surface area (Å²) < 4.78 is 33.4. The number of carbonyl (C=O) groups excluding carboxylic acids is 1. The highest BCUT2D eigenvalue weighted by Gasteiger charge is 2.26. The molecule has 0 unspecified atom stereocenters. The van der Waals surface area contributed by atoms with Gasteiger partial charge in [0.25, 0.3) is 0 Å². The van der Waals surface area contributed by atoms with E-state index < -0.39 is 21.2 Å². The highest BCUT2D eigenvalue weighted by Crippen LogP contribution is 2.34. The van der Waals surface area contributed by atoms with E-state index in [-0.39, 0.29) is 6.61 Å². The van der Waals surface area contributed by atoms with Crippen molar-refractivity contribution >= 4 is 21.7 Å². The smallest absolute Gasteiger partial charge is 0.355 e. The Hall–Kier alpha value is -2.83. The molecule has 0 aliphatic heterocycles. The number of nitriles is 1. The van der Waals surface area contributed by atoms with Crippen LogP contribution in [0.3, 0.4) is 0 Å². The number of sulfonamides is 1. The van der Waals surface area contributed by atoms with Crippen LogP contribution in [0.15, 0.2) is 24.3 Å². The molecule has 1 aromatic carbocycles. The zero-order chi connectivity index (χ0) is 24.1. The Morgan fingerprint density at radius 2 is 1.88 bits per heavy atom. The Kier molecular flexibility index (Phi) is 8.47. The second kappa shape index (κ2) is 10.7. The van der Waals surface area contributed by atoms with Crippen LogP contribution in [-0.4, -0.2) is 50.9 Å². The molecule has 8 nitrogen and oxygen atoms in total. The van der Waals surface area contributed by atoms with Crippen molar-refractivity contribution in [2.75, 3.05) is 31.6 Å². The molecule has 1 aromatic heterocycles. The van der Waals surface area contributed by atoms with Crippen molar-refractivity contribution in [2.24, 2.45) is 7.05 Å². The molecule has 0 saturated carbocycles. The van der Waals surface area contributed by atoms with Crippen LogP contribution in [0.25, 0.3) is 11.1 Å². The summed E-state index contributed by atoms with van der Waals surface area (Å²) in [4.78, 5) is 14.6. The van der Waals surface area contributed by atoms with Crippen LogP contribution >= 0.6 is 0 Å². The number of esters is 1. The number of ether oxygens (including phenoxy) is 1. The van der Waals surface area contributed by atoms with E-state index in [9.17, 15) is 18.5 Å². The molecule has 0 spiro atoms. The molecule has 174 valence electrons. The molecule has 0 aliphatic carbocycles. The van der Waals surface area contributed by atoms with Crippen molar-refractivity contribution in [3.63, 3.8) is 0 Å². The zero-order valence-corrected chi connectivity index (χ0v) is 20.4. The van der Waals surface area contributed by atoms with Crippen molar-refractivity contribution in [1.82, 2.24) is 9.29 Å². The van der Waals surface area contributed by atoms with E-state index in [0.717, 1.165) is 16.9 Å². The summed E-state index contributed by atoms with van der Waals surface area (Å²) in [5, 5.41) is 9.33. The fraction of sp³-hybridized carbons (Fsp3) is 0.478. The first kappa shape index (κ1) is 25.4. The predicted molar refractivity (Wildman–Crippen MR) is 126 cm³/mol. The molecule has 1 heterocycles. The fourth-order valence-corrected chi connectivity index (χ4v) is 4.23. The number of carbonyl (C=O) groups is 1. The minimum absolute atomic E-state index is 0.247. The van der Waals surface area contributed by atoms with Gasteiger partial charge in [0.15, 0.2) is 0 Å². The standard InChI is InChI=1S/C23H32N4O4S/c1-7-20-19(15-24)21(22(27(20)6)23(28)31-8-2)17-9-11-18(12-10-17)26(5)14-13-25-32(29,30)16(3)4/h9-12,16,25H,7-8,13-14H2,1-6H3. The van der Waals surface area contributed by atoms with Gasteiger partial charge in [-0.25, -0.2) is 17.9 Å². The lowest BCUT2D eigenvalue weighted by Gasteiger charge is -2.20. The maximum Gasteiger partial charge on any atom is 0.355 e. The molecule has 0 amide bonds. The number of benzene rings is 1. The van der Waals surface area contributed by atoms with Crippen LogP contribution in [0.2, 0.25) is 0 Å². The van der Waals surface area contributed by atoms with Crippen LogP contribution in [0, 0.1) is 11.3 Å². The number of rotatable bonds is 10. The minimum Gasteiger partial charge on any atom is -0.461 e. The Balaban J connectivity index is 2.33. The lowest BCUT2D eigenvalue weighted by atomic mass is 9.99. The monoisotopic (exact) mass is 460 g/mol. The maximum absolute atomic E-state index is 12.7. The molecule has 0 atom stereocenters. The molecule has 2 aromatic rings. The van der Waals surface area contributed by atoms with E-state index in [4.69, 9.17) is 4.74 Å². The van der Waals surface area contributed by atoms with Crippen molar-refractivity contribution in [3.05, 3.63) is 41.2 Å². The van der Waals surface area contributed by atoms with Crippen LogP contribution in [-0.2, 0) is 28.2 Å². The van der Waals surface area contributed by atoms with E-state index in [1.54, 1.807) is 32.4 Å². The van der Waals surface area contributed by atoms with Gasteiger partial charge in [-0.15, -0.1) is 0 Å². The summed E-state index contributed by atoms with van der Waals surface area (Å²) in [5.41, 5.74) is 3.83. The molecule has 0 fully saturated rings. The topological polar surface area (TPSA) is 104 Å². The molecular formula is C23H32N4O4S. The van der Waals surface area contributed by atoms with Gasteiger partial charge in [-0.05, 0) is 44.9 Å². The lowest BCUT2D eigenvalue weighted by molar-refractivity contribution is 0.0516. The fourth-order valence-electron chi connectivity index (χ4n) is 3.52. The van der Waals surface area contributed by atoms with Gasteiger partial charge in [-0.2, -0.15) is 5.26 Å². The van der Waals surface area contributed by atoms with Crippen LogP contribution in [0.1, 0.15) is 49.4 Å². The molecule has 0 aliphatic rings. The largest absolute Gasteiger partial charge is 0.461 e. The Bertz CT molecular complexity index is 1100. The number of hydrogen-bond donors (Lipinski definition) is 1. The summed E-state index contributed by atoms with van der Waals surface area (Å²) in [6.45, 7) is 8.00. The third-order valence-electron chi connectivity index (χ3n) is 5.40. The van der Waals surface area contributed by atoms with E-state index >= 15 is 0 Å². The SMILES string of the molecule is CCOC(=O)c1c(-c2ccc(N(C)CCNS(=O)(=O)C(C)C)cc2)c(C#N)c(CC)n1C. The Morgan fingerprint density at radius 3 is 2.38 bits per heavy atom. The average Bonchev–Trinajstić information content (AvgIpc) is 3.04. The summed E-state index contributed by atoms with van der Waals surface area (Å²) in [6, 6.07) is 9.76. The van der Waals surface area contributed by atoms with Crippen molar-refractivity contribution in [1.29, 1.82) is 5.26 Å². The molecule has 0 bridgehead atoms. The number of likely N-dealkylation sites (N-methyl/N-ethyl adjacent to an activating group) is 1. The molecular weight excluding hydrogens is 428 g/mol. The van der Waals surface area contributed by atoms with E-state index in [1.165, 1.54) is 0 Å². The zero-order valence-electron chi connectivity index (χ0n) is 19.6. The summed E-state index contributed by atoms with van der Waals surface area (Å²) in [7, 11) is 0.348. The molecule has 9 heteroatoms. The first-order chi connectivity index (χ1) is 15.1. The third kappa shape index (κ3) is 5.31. The number of hydrogen-bond acceptors (Lipinski definition) is 6. The second-order valence-corrected chi connectivity index (χ2v) is 10.1. The molecule has 1 N–H and O–H groups in total. The Labute approximate surface area is 190 Å². The molecule has 0 saturated heterocycles. The normalized spacial score (nSPS) is 11.4. The van der Waals surface area contributed by atoms with Gasteiger partial charge in [0.05, 0.1) is 17.4 Å². The molecule has 2 rings (SSSR count). The van der Waals surface area contributed by atoms with Gasteiger partial charge < -0.3 is 14.2 Å². The number of aromatic nitrogens is 1. The van der Waals surface area contributed by atoms with E-state index in [0.29, 0.717) is 36.3 Å². The first-order valence-corrected chi connectivity index (χ1v) is 12.2. The summed E-state index contributed by atoms with van der Waals surface area (Å²) in [5.74, 6) is -0.458. The van der Waals surface area contributed by atoms with Crippen molar-refractivity contribution in [3.8, 4) is 17.2 Å². The van der Waals surface area contributed by atoms with Crippen molar-refractivity contribution < 1.29 is 17.9 Å². The van der Waals surface area contributed by atoms with Crippen LogP contribution < -0.4 is 9.62 Å². The van der Waals surface area contributed by atoms with Crippen molar-refractivity contribution in [2.45, 2.75) is 39.4 Å². The van der Waals surface area contributed by atoms with Crippen LogP contribution in [0.4, 0.5) is 5.69 Å². The van der Waals surface area contributed by atoms with Gasteiger partial charge >= 0.3 is 5.97 Å². The first-order valence-electron chi connectivity index (χ1n) is 10.7. The Morgan fingerprint density at radius 1 is 1.25 bits per heavy atom. The van der Waals surface area contributed by atoms with Gasteiger partial charge in [-0.3, -0.25) is 0 Å². The quantitative estimate of drug-likeness (QED) is 0.547. The third-order valence-corrected chi connectivity index (χ3v) is 7.25. The lowest BCUT2D eigenvalue weighted by Crippen LogP contribution is -2.36. The van der Waals surface area contributed by atoms with E-state index in [1.807, 2.05) is 43.1 Å². The summed E-state index contributed by atoms with van der Waals surface area (Å²) >= 11 is 0. The maximum atomic E-state index is 12.7. The highest BCUT2D eigenvalue weighted by molar-refractivity contribution is 7.90.